The molecular weight excluding hydrogens is 845 g/mol. The van der Waals surface area contributed by atoms with Crippen molar-refractivity contribution in [2.75, 3.05) is 9.80 Å². The zero-order valence-corrected chi connectivity index (χ0v) is 40.5. The first kappa shape index (κ1) is 40.8. The van der Waals surface area contributed by atoms with Crippen LogP contribution in [0.2, 0.25) is 0 Å². The predicted octanol–water partition coefficient (Wildman–Crippen LogP) is 19.1. The van der Waals surface area contributed by atoms with Crippen molar-refractivity contribution >= 4 is 98.8 Å². The molecule has 12 aromatic rings. The zero-order valence-electron chi connectivity index (χ0n) is 40.5. The van der Waals surface area contributed by atoms with Gasteiger partial charge in [0.2, 0.25) is 0 Å². The Hall–Kier alpha value is -8.20. The first-order valence-corrected chi connectivity index (χ1v) is 24.8. The first-order valence-electron chi connectivity index (χ1n) is 24.8. The van der Waals surface area contributed by atoms with Crippen LogP contribution in [0.4, 0.5) is 34.1 Å². The molecular formula is C68H52N2. The Bertz CT molecular complexity index is 4150. The molecule has 2 nitrogen and oxygen atoms in total. The molecule has 1 aliphatic heterocycles. The van der Waals surface area contributed by atoms with Gasteiger partial charge in [0, 0.05) is 33.0 Å². The van der Waals surface area contributed by atoms with Gasteiger partial charge in [-0.3, -0.25) is 0 Å². The predicted molar refractivity (Wildman–Crippen MR) is 300 cm³/mol. The summed E-state index contributed by atoms with van der Waals surface area (Å²) < 4.78 is 0. The lowest BCUT2D eigenvalue weighted by molar-refractivity contribution is 0.627. The van der Waals surface area contributed by atoms with E-state index >= 15 is 0 Å². The molecule has 0 unspecified atom stereocenters. The van der Waals surface area contributed by atoms with Crippen LogP contribution in [0.1, 0.15) is 61.1 Å². The monoisotopic (exact) mass is 896 g/mol. The van der Waals surface area contributed by atoms with Crippen LogP contribution in [0.15, 0.2) is 206 Å². The number of hydrogen-bond donors (Lipinski definition) is 0. The van der Waals surface area contributed by atoms with Crippen LogP contribution >= 0.6 is 0 Å². The second kappa shape index (κ2) is 14.7. The third-order valence-corrected chi connectivity index (χ3v) is 16.3. The molecule has 334 valence electrons. The molecule has 2 heteroatoms. The molecule has 14 rings (SSSR count). The molecule has 12 aromatic carbocycles. The average Bonchev–Trinajstić information content (AvgIpc) is 3.62. The van der Waals surface area contributed by atoms with Gasteiger partial charge in [0.05, 0.1) is 22.7 Å². The second-order valence-corrected chi connectivity index (χ2v) is 21.0. The number of aryl methyl sites for hydroxylation is 2. The van der Waals surface area contributed by atoms with Crippen molar-refractivity contribution in [1.29, 1.82) is 0 Å². The van der Waals surface area contributed by atoms with E-state index in [2.05, 4.69) is 258 Å². The van der Waals surface area contributed by atoms with Crippen molar-refractivity contribution in [3.8, 4) is 11.1 Å². The largest absolute Gasteiger partial charge is 0.310 e. The Morgan fingerprint density at radius 3 is 1.57 bits per heavy atom. The number of nitrogens with zero attached hydrogens (tertiary/aromatic N) is 2. The molecule has 0 bridgehead atoms. The molecule has 70 heavy (non-hydrogen) atoms. The van der Waals surface area contributed by atoms with Gasteiger partial charge in [-0.2, -0.15) is 0 Å². The molecule has 0 radical (unpaired) electrons. The number of rotatable bonds is 4. The van der Waals surface area contributed by atoms with Crippen LogP contribution in [0.25, 0.3) is 75.8 Å². The molecule has 1 aliphatic carbocycles. The van der Waals surface area contributed by atoms with Gasteiger partial charge < -0.3 is 9.80 Å². The molecule has 0 spiro atoms. The normalized spacial score (nSPS) is 14.3. The Morgan fingerprint density at radius 2 is 0.843 bits per heavy atom. The van der Waals surface area contributed by atoms with Gasteiger partial charge in [0.1, 0.15) is 0 Å². The zero-order chi connectivity index (χ0) is 47.2. The second-order valence-electron chi connectivity index (χ2n) is 21.0. The van der Waals surface area contributed by atoms with Crippen molar-refractivity contribution in [1.82, 2.24) is 0 Å². The van der Waals surface area contributed by atoms with Crippen LogP contribution < -0.4 is 9.80 Å². The highest BCUT2D eigenvalue weighted by atomic mass is 15.2. The van der Waals surface area contributed by atoms with E-state index in [1.807, 2.05) is 0 Å². The SMILES string of the molecule is Cc1ccc(N(c2ccc(C)cc2)c2cc3c4ccccc4c(N4c5ccccc5C(C)(C)c5cc6c(cc54)C(C)(C)c4ccc5c(ccc7c8ccccc8ccc57)c4-6)cc3c3ccccc23)cc1. The van der Waals surface area contributed by atoms with E-state index in [4.69, 9.17) is 0 Å². The minimum atomic E-state index is -0.274. The fourth-order valence-corrected chi connectivity index (χ4v) is 12.7. The summed E-state index contributed by atoms with van der Waals surface area (Å²) in [6.45, 7) is 14.0. The molecule has 0 N–H and O–H groups in total. The van der Waals surface area contributed by atoms with E-state index in [0.717, 1.165) is 17.1 Å². The standard InChI is InChI=1S/C68H52N2/c1-41-23-28-44(29-24-41)69(45-30-25-42(2)26-31-45)63-38-55-48-18-10-12-20-53(48)64(39-56(55)47-17-9-11-19-52(47)63)70-62-22-14-13-21-58(62)67(3,4)61-37-57-60(40-65(61)70)68(5,6)59-36-35-51-50-32-27-43-15-7-8-16-46(43)49(50)33-34-54(51)66(57)59/h7-40H,1-6H3. The van der Waals surface area contributed by atoms with Gasteiger partial charge in [0.25, 0.3) is 0 Å². The van der Waals surface area contributed by atoms with Crippen LogP contribution in [-0.2, 0) is 10.8 Å². The van der Waals surface area contributed by atoms with Gasteiger partial charge in [-0.05, 0) is 156 Å². The van der Waals surface area contributed by atoms with Crippen molar-refractivity contribution in [3.05, 3.63) is 240 Å². The lowest BCUT2D eigenvalue weighted by Crippen LogP contribution is -2.31. The third-order valence-electron chi connectivity index (χ3n) is 16.3. The minimum absolute atomic E-state index is 0.224. The Labute approximate surface area is 409 Å². The highest BCUT2D eigenvalue weighted by molar-refractivity contribution is 6.25. The molecule has 0 fully saturated rings. The van der Waals surface area contributed by atoms with Crippen LogP contribution in [0, 0.1) is 13.8 Å². The van der Waals surface area contributed by atoms with Crippen molar-refractivity contribution in [3.63, 3.8) is 0 Å². The lowest BCUT2D eigenvalue weighted by atomic mass is 9.71. The summed E-state index contributed by atoms with van der Waals surface area (Å²) in [5, 5.41) is 15.2. The van der Waals surface area contributed by atoms with Crippen molar-refractivity contribution in [2.45, 2.75) is 52.4 Å². The Kier molecular flexibility index (Phi) is 8.55. The third kappa shape index (κ3) is 5.68. The summed E-state index contributed by atoms with van der Waals surface area (Å²) in [4.78, 5) is 5.05. The van der Waals surface area contributed by atoms with Crippen molar-refractivity contribution < 1.29 is 0 Å². The maximum atomic E-state index is 2.61. The molecule has 0 saturated heterocycles. The van der Waals surface area contributed by atoms with Gasteiger partial charge in [-0.1, -0.05) is 190 Å². The smallest absolute Gasteiger partial charge is 0.0546 e. The average molecular weight is 897 g/mol. The number of hydrogen-bond acceptors (Lipinski definition) is 2. The summed E-state index contributed by atoms with van der Waals surface area (Å²) in [7, 11) is 0. The summed E-state index contributed by atoms with van der Waals surface area (Å²) >= 11 is 0. The summed E-state index contributed by atoms with van der Waals surface area (Å²) in [6, 6.07) is 78.3. The van der Waals surface area contributed by atoms with E-state index in [1.54, 1.807) is 0 Å². The highest BCUT2D eigenvalue weighted by Crippen LogP contribution is 2.60. The molecule has 0 aromatic heterocycles. The molecule has 0 saturated carbocycles. The molecule has 2 aliphatic rings. The fraction of sp³-hybridized carbons (Fsp3) is 0.118. The van der Waals surface area contributed by atoms with Gasteiger partial charge >= 0.3 is 0 Å². The maximum absolute atomic E-state index is 2.61. The molecule has 0 amide bonds. The number of anilines is 6. The van der Waals surface area contributed by atoms with E-state index in [9.17, 15) is 0 Å². The highest BCUT2D eigenvalue weighted by Gasteiger charge is 2.43. The van der Waals surface area contributed by atoms with E-state index in [-0.39, 0.29) is 10.8 Å². The maximum Gasteiger partial charge on any atom is 0.0546 e. The quantitative estimate of drug-likeness (QED) is 0.162. The number of benzene rings is 12. The van der Waals surface area contributed by atoms with Gasteiger partial charge in [-0.15, -0.1) is 0 Å². The number of fused-ring (bicyclic) bond motifs is 16. The van der Waals surface area contributed by atoms with Crippen LogP contribution in [0.5, 0.6) is 0 Å². The Morgan fingerprint density at radius 1 is 0.329 bits per heavy atom. The van der Waals surface area contributed by atoms with E-state index in [0.29, 0.717) is 0 Å². The topological polar surface area (TPSA) is 6.48 Å². The van der Waals surface area contributed by atoms with E-state index < -0.39 is 0 Å². The first-order chi connectivity index (χ1) is 34.1. The van der Waals surface area contributed by atoms with Crippen molar-refractivity contribution in [2.24, 2.45) is 0 Å². The summed E-state index contributed by atoms with van der Waals surface area (Å²) in [5.41, 5.74) is 17.3. The lowest BCUT2D eigenvalue weighted by Gasteiger charge is -2.43. The summed E-state index contributed by atoms with van der Waals surface area (Å²) in [6.07, 6.45) is 0. The van der Waals surface area contributed by atoms with Gasteiger partial charge in [-0.25, -0.2) is 0 Å². The summed E-state index contributed by atoms with van der Waals surface area (Å²) in [5.74, 6) is 0. The Balaban J connectivity index is 1.03. The van der Waals surface area contributed by atoms with Crippen LogP contribution in [-0.4, -0.2) is 0 Å². The number of para-hydroxylation sites is 1. The minimum Gasteiger partial charge on any atom is -0.310 e. The van der Waals surface area contributed by atoms with E-state index in [1.165, 1.54) is 126 Å². The molecule has 1 heterocycles. The van der Waals surface area contributed by atoms with Gasteiger partial charge in [0.15, 0.2) is 0 Å². The fourth-order valence-electron chi connectivity index (χ4n) is 12.7. The van der Waals surface area contributed by atoms with Crippen LogP contribution in [0.3, 0.4) is 0 Å². The molecule has 0 atom stereocenters.